The first-order valence-electron chi connectivity index (χ1n) is 12.6. The molecule has 41 heavy (non-hydrogen) atoms. The molecule has 4 amide bonds. The zero-order chi connectivity index (χ0) is 29.4. The molecule has 1 aromatic heterocycles. The molecule has 7 nitrogen and oxygen atoms in total. The van der Waals surface area contributed by atoms with Crippen LogP contribution in [0.5, 0.6) is 5.75 Å². The molecule has 208 valence electrons. The third kappa shape index (κ3) is 5.75. The Morgan fingerprint density at radius 2 is 1.54 bits per heavy atom. The average Bonchev–Trinajstić information content (AvgIpc) is 3.20. The van der Waals surface area contributed by atoms with Crippen LogP contribution in [0.25, 0.3) is 11.8 Å². The molecule has 0 unspecified atom stereocenters. The molecule has 0 radical (unpaired) electrons. The third-order valence-electron chi connectivity index (χ3n) is 6.79. The van der Waals surface area contributed by atoms with E-state index >= 15 is 0 Å². The van der Waals surface area contributed by atoms with E-state index in [4.69, 9.17) is 39.5 Å². The molecule has 3 aromatic carbocycles. The minimum absolute atomic E-state index is 0.161. The van der Waals surface area contributed by atoms with E-state index < -0.39 is 17.8 Å². The number of amides is 4. The van der Waals surface area contributed by atoms with Crippen molar-refractivity contribution in [1.29, 1.82) is 0 Å². The van der Waals surface area contributed by atoms with Gasteiger partial charge in [0.25, 0.3) is 11.8 Å². The summed E-state index contributed by atoms with van der Waals surface area (Å²) in [5.41, 5.74) is 4.95. The van der Waals surface area contributed by atoms with Crippen molar-refractivity contribution in [3.8, 4) is 11.4 Å². The first kappa shape index (κ1) is 28.5. The van der Waals surface area contributed by atoms with E-state index in [2.05, 4.69) is 5.32 Å². The summed E-state index contributed by atoms with van der Waals surface area (Å²) in [4.78, 5) is 39.6. The van der Waals surface area contributed by atoms with E-state index in [1.165, 1.54) is 12.1 Å². The van der Waals surface area contributed by atoms with Gasteiger partial charge >= 0.3 is 6.03 Å². The number of aromatic nitrogens is 1. The summed E-state index contributed by atoms with van der Waals surface area (Å²) < 4.78 is 7.89. The molecule has 1 fully saturated rings. The molecule has 1 saturated heterocycles. The number of hydrogen-bond acceptors (Lipinski definition) is 4. The van der Waals surface area contributed by atoms with Gasteiger partial charge in [-0.15, -0.1) is 0 Å². The summed E-state index contributed by atoms with van der Waals surface area (Å²) in [6, 6.07) is 18.7. The van der Waals surface area contributed by atoms with E-state index in [9.17, 15) is 14.4 Å². The van der Waals surface area contributed by atoms with Gasteiger partial charge < -0.3 is 9.30 Å². The van der Waals surface area contributed by atoms with E-state index in [1.807, 2.05) is 61.7 Å². The summed E-state index contributed by atoms with van der Waals surface area (Å²) in [5, 5.41) is 3.75. The number of rotatable bonds is 6. The van der Waals surface area contributed by atoms with Crippen molar-refractivity contribution in [2.24, 2.45) is 0 Å². The summed E-state index contributed by atoms with van der Waals surface area (Å²) in [6.07, 6.45) is 1.50. The molecule has 2 heterocycles. The van der Waals surface area contributed by atoms with Crippen LogP contribution in [0.15, 0.2) is 72.3 Å². The highest BCUT2D eigenvalue weighted by Gasteiger charge is 2.37. The van der Waals surface area contributed by atoms with Crippen LogP contribution >= 0.6 is 34.8 Å². The minimum Gasteiger partial charge on any atom is -0.489 e. The van der Waals surface area contributed by atoms with Crippen molar-refractivity contribution < 1.29 is 19.1 Å². The molecular weight excluding hydrogens is 585 g/mol. The summed E-state index contributed by atoms with van der Waals surface area (Å²) in [7, 11) is 0. The first-order valence-corrected chi connectivity index (χ1v) is 13.7. The second-order valence-electron chi connectivity index (χ2n) is 9.57. The lowest BCUT2D eigenvalue weighted by atomic mass is 10.1. The van der Waals surface area contributed by atoms with Crippen LogP contribution in [0, 0.1) is 20.8 Å². The monoisotopic (exact) mass is 607 g/mol. The number of urea groups is 1. The Balaban J connectivity index is 1.39. The standard InChI is InChI=1S/C31H24Cl3N3O4/c1-17-4-7-24(15-27(17)33)37-30(39)26(29(38)35-31(37)40)13-21-12-18(2)36(19(21)3)23-8-10-25(11-9-23)41-16-20-5-6-22(32)14-28(20)34/h4-15H,16H2,1-3H3,(H,35,38,40)/b26-13-. The maximum atomic E-state index is 13.4. The van der Waals surface area contributed by atoms with Gasteiger partial charge in [-0.05, 0) is 92.6 Å². The molecule has 0 bridgehead atoms. The number of aryl methyl sites for hydroxylation is 2. The largest absolute Gasteiger partial charge is 0.489 e. The predicted octanol–water partition coefficient (Wildman–Crippen LogP) is 7.61. The lowest BCUT2D eigenvalue weighted by Gasteiger charge is -2.26. The van der Waals surface area contributed by atoms with Crippen LogP contribution < -0.4 is 15.0 Å². The van der Waals surface area contributed by atoms with Gasteiger partial charge in [0.05, 0.1) is 5.69 Å². The number of benzene rings is 3. The first-order chi connectivity index (χ1) is 19.5. The molecule has 0 aliphatic carbocycles. The van der Waals surface area contributed by atoms with Crippen LogP contribution in [0.4, 0.5) is 10.5 Å². The molecule has 0 spiro atoms. The average molecular weight is 609 g/mol. The Labute approximate surface area is 251 Å². The number of imide groups is 2. The van der Waals surface area contributed by atoms with Crippen molar-refractivity contribution in [3.63, 3.8) is 0 Å². The smallest absolute Gasteiger partial charge is 0.335 e. The molecule has 10 heteroatoms. The fourth-order valence-corrected chi connectivity index (χ4v) is 5.23. The Morgan fingerprint density at radius 1 is 0.829 bits per heavy atom. The lowest BCUT2D eigenvalue weighted by Crippen LogP contribution is -2.54. The van der Waals surface area contributed by atoms with E-state index in [0.29, 0.717) is 33.0 Å². The molecule has 1 aliphatic heterocycles. The van der Waals surface area contributed by atoms with Gasteiger partial charge in [0.2, 0.25) is 0 Å². The topological polar surface area (TPSA) is 80.6 Å². The molecule has 0 saturated carbocycles. The fourth-order valence-electron chi connectivity index (χ4n) is 4.59. The lowest BCUT2D eigenvalue weighted by molar-refractivity contribution is -0.122. The summed E-state index contributed by atoms with van der Waals surface area (Å²) in [5.74, 6) is -0.831. The van der Waals surface area contributed by atoms with Crippen LogP contribution in [-0.2, 0) is 16.2 Å². The van der Waals surface area contributed by atoms with Crippen LogP contribution in [0.3, 0.4) is 0 Å². The quantitative estimate of drug-likeness (QED) is 0.180. The maximum absolute atomic E-state index is 13.4. The number of barbiturate groups is 1. The van der Waals surface area contributed by atoms with E-state index in [0.717, 1.165) is 33.1 Å². The molecular formula is C31H24Cl3N3O4. The Kier molecular flexibility index (Phi) is 7.95. The molecule has 5 rings (SSSR count). The SMILES string of the molecule is Cc1ccc(N2C(=O)NC(=O)/C(=C/c3cc(C)n(-c4ccc(OCc5ccc(Cl)cc5Cl)cc4)c3C)C2=O)cc1Cl. The second-order valence-corrected chi connectivity index (χ2v) is 10.8. The number of ether oxygens (including phenoxy) is 1. The summed E-state index contributed by atoms with van der Waals surface area (Å²) >= 11 is 18.4. The number of carbonyl (C=O) groups is 3. The van der Waals surface area contributed by atoms with Gasteiger partial charge in [0.1, 0.15) is 17.9 Å². The zero-order valence-electron chi connectivity index (χ0n) is 22.3. The number of halogens is 3. The zero-order valence-corrected chi connectivity index (χ0v) is 24.6. The second kappa shape index (κ2) is 11.4. The van der Waals surface area contributed by atoms with E-state index in [-0.39, 0.29) is 11.3 Å². The van der Waals surface area contributed by atoms with Crippen molar-refractivity contribution in [2.45, 2.75) is 27.4 Å². The molecule has 4 aromatic rings. The van der Waals surface area contributed by atoms with Gasteiger partial charge in [-0.1, -0.05) is 46.9 Å². The van der Waals surface area contributed by atoms with Gasteiger partial charge in [-0.25, -0.2) is 9.69 Å². The van der Waals surface area contributed by atoms with Gasteiger partial charge in [0.15, 0.2) is 0 Å². The Bertz CT molecular complexity index is 1740. The van der Waals surface area contributed by atoms with Crippen LogP contribution in [-0.4, -0.2) is 22.4 Å². The van der Waals surface area contributed by atoms with E-state index in [1.54, 1.807) is 24.3 Å². The minimum atomic E-state index is -0.830. The third-order valence-corrected chi connectivity index (χ3v) is 7.78. The number of nitrogens with zero attached hydrogens (tertiary/aromatic N) is 2. The molecule has 0 atom stereocenters. The maximum Gasteiger partial charge on any atom is 0.335 e. The predicted molar refractivity (Wildman–Crippen MR) is 161 cm³/mol. The highest BCUT2D eigenvalue weighted by Crippen LogP contribution is 2.29. The van der Waals surface area contributed by atoms with Crippen LogP contribution in [0.1, 0.15) is 28.1 Å². The van der Waals surface area contributed by atoms with Crippen molar-refractivity contribution in [1.82, 2.24) is 9.88 Å². The number of hydrogen-bond donors (Lipinski definition) is 1. The number of nitrogens with one attached hydrogen (secondary N) is 1. The number of anilines is 1. The Hall–Kier alpha value is -4.04. The molecule has 1 aliphatic rings. The molecule has 1 N–H and O–H groups in total. The van der Waals surface area contributed by atoms with Gasteiger partial charge in [-0.2, -0.15) is 0 Å². The highest BCUT2D eigenvalue weighted by molar-refractivity contribution is 6.39. The Morgan fingerprint density at radius 3 is 2.22 bits per heavy atom. The number of carbonyl (C=O) groups excluding carboxylic acids is 3. The van der Waals surface area contributed by atoms with Gasteiger partial charge in [0, 0.05) is 37.7 Å². The summed E-state index contributed by atoms with van der Waals surface area (Å²) in [6.45, 7) is 5.92. The highest BCUT2D eigenvalue weighted by atomic mass is 35.5. The normalized spacial score (nSPS) is 14.5. The fraction of sp³-hybridized carbons (Fsp3) is 0.129. The van der Waals surface area contributed by atoms with Crippen molar-refractivity contribution >= 4 is 64.4 Å². The van der Waals surface area contributed by atoms with Crippen molar-refractivity contribution in [2.75, 3.05) is 4.90 Å². The van der Waals surface area contributed by atoms with Crippen molar-refractivity contribution in [3.05, 3.63) is 115 Å². The van der Waals surface area contributed by atoms with Gasteiger partial charge in [-0.3, -0.25) is 14.9 Å². The van der Waals surface area contributed by atoms with Crippen LogP contribution in [0.2, 0.25) is 15.1 Å².